The fraction of sp³-hybridized carbons (Fsp3) is 0.429. The first kappa shape index (κ1) is 14.5. The Morgan fingerprint density at radius 2 is 2.14 bits per heavy atom. The third-order valence-corrected chi connectivity index (χ3v) is 3.92. The summed E-state index contributed by atoms with van der Waals surface area (Å²) >= 11 is 0. The predicted molar refractivity (Wildman–Crippen MR) is 78.9 cm³/mol. The van der Waals surface area contributed by atoms with E-state index < -0.39 is 0 Å². The molecule has 1 aliphatic heterocycles. The normalized spacial score (nSPS) is 21.1. The van der Waals surface area contributed by atoms with Gasteiger partial charge in [0.1, 0.15) is 0 Å². The standard InChI is InChI=1S/C14H18N6O2/c1-19-13(16-17-18-19)12-8-7-11(9-21)20(12)14(22)15-10-5-3-2-4-6-10/h2-6,11-12,21H,7-9H2,1H3,(H,15,22)/t11-,12+/m0/s1. The molecule has 22 heavy (non-hydrogen) atoms. The number of hydrogen-bond donors (Lipinski definition) is 2. The maximum absolute atomic E-state index is 12.6. The van der Waals surface area contributed by atoms with Crippen molar-refractivity contribution in [1.29, 1.82) is 0 Å². The van der Waals surface area contributed by atoms with Crippen molar-refractivity contribution in [3.63, 3.8) is 0 Å². The molecule has 1 fully saturated rings. The lowest BCUT2D eigenvalue weighted by molar-refractivity contribution is 0.144. The topological polar surface area (TPSA) is 96.2 Å². The maximum atomic E-state index is 12.6. The fourth-order valence-electron chi connectivity index (χ4n) is 2.85. The summed E-state index contributed by atoms with van der Waals surface area (Å²) in [4.78, 5) is 14.3. The van der Waals surface area contributed by atoms with Crippen molar-refractivity contribution in [2.45, 2.75) is 24.9 Å². The third kappa shape index (κ3) is 2.64. The molecule has 2 heterocycles. The molecule has 8 nitrogen and oxygen atoms in total. The van der Waals surface area contributed by atoms with Crippen molar-refractivity contribution in [3.8, 4) is 0 Å². The molecule has 0 bridgehead atoms. The van der Waals surface area contributed by atoms with Crippen LogP contribution in [0.5, 0.6) is 0 Å². The van der Waals surface area contributed by atoms with Crippen molar-refractivity contribution in [2.75, 3.05) is 11.9 Å². The molecule has 1 aliphatic rings. The predicted octanol–water partition coefficient (Wildman–Crippen LogP) is 0.940. The highest BCUT2D eigenvalue weighted by molar-refractivity contribution is 5.90. The van der Waals surface area contributed by atoms with E-state index >= 15 is 0 Å². The number of hydrogen-bond acceptors (Lipinski definition) is 5. The first-order valence-corrected chi connectivity index (χ1v) is 7.18. The van der Waals surface area contributed by atoms with Gasteiger partial charge in [0.25, 0.3) is 0 Å². The molecule has 0 saturated carbocycles. The Morgan fingerprint density at radius 3 is 2.77 bits per heavy atom. The van der Waals surface area contributed by atoms with Gasteiger partial charge in [-0.2, -0.15) is 0 Å². The second-order valence-corrected chi connectivity index (χ2v) is 5.29. The van der Waals surface area contributed by atoms with E-state index in [4.69, 9.17) is 0 Å². The highest BCUT2D eigenvalue weighted by Crippen LogP contribution is 2.35. The van der Waals surface area contributed by atoms with Crippen LogP contribution in [0.15, 0.2) is 30.3 Å². The lowest BCUT2D eigenvalue weighted by Gasteiger charge is -2.28. The number of amides is 2. The summed E-state index contributed by atoms with van der Waals surface area (Å²) in [6, 6.07) is 8.51. The number of aromatic nitrogens is 4. The lowest BCUT2D eigenvalue weighted by Crippen LogP contribution is -2.42. The van der Waals surface area contributed by atoms with Gasteiger partial charge in [0.05, 0.1) is 18.7 Å². The Labute approximate surface area is 127 Å². The number of nitrogens with one attached hydrogen (secondary N) is 1. The zero-order valence-corrected chi connectivity index (χ0v) is 12.3. The number of aryl methyl sites for hydroxylation is 1. The quantitative estimate of drug-likeness (QED) is 0.879. The van der Waals surface area contributed by atoms with Gasteiger partial charge in [-0.1, -0.05) is 18.2 Å². The smallest absolute Gasteiger partial charge is 0.322 e. The van der Waals surface area contributed by atoms with Gasteiger partial charge in [0, 0.05) is 12.7 Å². The fourth-order valence-corrected chi connectivity index (χ4v) is 2.85. The minimum absolute atomic E-state index is 0.0794. The second kappa shape index (κ2) is 6.10. The van der Waals surface area contributed by atoms with Gasteiger partial charge in [0.15, 0.2) is 5.82 Å². The van der Waals surface area contributed by atoms with Crippen LogP contribution in [0.1, 0.15) is 24.7 Å². The van der Waals surface area contributed by atoms with Crippen molar-refractivity contribution >= 4 is 11.7 Å². The first-order chi connectivity index (χ1) is 10.7. The number of para-hydroxylation sites is 1. The number of likely N-dealkylation sites (tertiary alicyclic amines) is 1. The van der Waals surface area contributed by atoms with Crippen LogP contribution in [-0.4, -0.2) is 48.9 Å². The molecule has 8 heteroatoms. The van der Waals surface area contributed by atoms with Gasteiger partial charge in [0.2, 0.25) is 0 Å². The Morgan fingerprint density at radius 1 is 1.36 bits per heavy atom. The molecule has 3 rings (SSSR count). The molecule has 0 unspecified atom stereocenters. The van der Waals surface area contributed by atoms with E-state index in [2.05, 4.69) is 20.8 Å². The van der Waals surface area contributed by atoms with Crippen molar-refractivity contribution in [3.05, 3.63) is 36.2 Å². The Kier molecular flexibility index (Phi) is 4.01. The molecular formula is C14H18N6O2. The van der Waals surface area contributed by atoms with Gasteiger partial charge in [-0.15, -0.1) is 5.10 Å². The molecule has 0 radical (unpaired) electrons. The molecule has 1 aromatic carbocycles. The number of carbonyl (C=O) groups is 1. The van der Waals surface area contributed by atoms with Crippen LogP contribution >= 0.6 is 0 Å². The number of aliphatic hydroxyl groups is 1. The second-order valence-electron chi connectivity index (χ2n) is 5.29. The van der Waals surface area contributed by atoms with Crippen LogP contribution in [0.2, 0.25) is 0 Å². The van der Waals surface area contributed by atoms with Crippen molar-refractivity contribution in [2.24, 2.45) is 7.05 Å². The number of aliphatic hydroxyl groups excluding tert-OH is 1. The Bertz CT molecular complexity index is 644. The van der Waals surface area contributed by atoms with E-state index in [1.807, 2.05) is 30.3 Å². The van der Waals surface area contributed by atoms with Crippen LogP contribution in [0.4, 0.5) is 10.5 Å². The summed E-state index contributed by atoms with van der Waals surface area (Å²) in [6.07, 6.45) is 1.44. The highest BCUT2D eigenvalue weighted by Gasteiger charge is 2.40. The zero-order valence-electron chi connectivity index (χ0n) is 12.3. The number of carbonyl (C=O) groups excluding carboxylic acids is 1. The summed E-state index contributed by atoms with van der Waals surface area (Å²) in [5.41, 5.74) is 0.714. The SMILES string of the molecule is Cn1nnnc1[C@H]1CC[C@@H](CO)N1C(=O)Nc1ccccc1. The molecular weight excluding hydrogens is 284 g/mol. The highest BCUT2D eigenvalue weighted by atomic mass is 16.3. The summed E-state index contributed by atoms with van der Waals surface area (Å²) in [7, 11) is 1.74. The molecule has 2 atom stereocenters. The van der Waals surface area contributed by atoms with E-state index in [1.165, 1.54) is 0 Å². The maximum Gasteiger partial charge on any atom is 0.322 e. The van der Waals surface area contributed by atoms with Gasteiger partial charge in [-0.05, 0) is 35.4 Å². The molecule has 116 valence electrons. The van der Waals surface area contributed by atoms with Gasteiger partial charge >= 0.3 is 6.03 Å². The lowest BCUT2D eigenvalue weighted by atomic mass is 10.2. The van der Waals surface area contributed by atoms with E-state index in [0.29, 0.717) is 11.5 Å². The summed E-state index contributed by atoms with van der Waals surface area (Å²) in [6.45, 7) is -0.0794. The average molecular weight is 302 g/mol. The molecule has 2 amide bonds. The van der Waals surface area contributed by atoms with E-state index in [-0.39, 0.29) is 24.7 Å². The molecule has 0 spiro atoms. The van der Waals surface area contributed by atoms with Gasteiger partial charge in [-0.25, -0.2) is 9.48 Å². The number of urea groups is 1. The monoisotopic (exact) mass is 302 g/mol. The van der Waals surface area contributed by atoms with E-state index in [0.717, 1.165) is 12.8 Å². The summed E-state index contributed by atoms with van der Waals surface area (Å²) in [5.74, 6) is 0.624. The third-order valence-electron chi connectivity index (χ3n) is 3.92. The number of anilines is 1. The molecule has 2 N–H and O–H groups in total. The number of benzene rings is 1. The minimum Gasteiger partial charge on any atom is -0.394 e. The van der Waals surface area contributed by atoms with Crippen LogP contribution in [0.25, 0.3) is 0 Å². The van der Waals surface area contributed by atoms with Crippen LogP contribution in [-0.2, 0) is 7.05 Å². The van der Waals surface area contributed by atoms with Crippen LogP contribution < -0.4 is 5.32 Å². The van der Waals surface area contributed by atoms with Crippen LogP contribution in [0, 0.1) is 0 Å². The minimum atomic E-state index is -0.254. The molecule has 0 aliphatic carbocycles. The molecule has 1 saturated heterocycles. The molecule has 2 aromatic rings. The Balaban J connectivity index is 1.83. The van der Waals surface area contributed by atoms with E-state index in [1.54, 1.807) is 16.6 Å². The summed E-state index contributed by atoms with van der Waals surface area (Å²) in [5, 5.41) is 23.9. The van der Waals surface area contributed by atoms with Crippen molar-refractivity contribution in [1.82, 2.24) is 25.1 Å². The average Bonchev–Trinajstić information content (AvgIpc) is 3.13. The number of nitrogens with zero attached hydrogens (tertiary/aromatic N) is 5. The van der Waals surface area contributed by atoms with Gasteiger partial charge < -0.3 is 15.3 Å². The largest absolute Gasteiger partial charge is 0.394 e. The number of tetrazole rings is 1. The summed E-state index contributed by atoms with van der Waals surface area (Å²) < 4.78 is 1.56. The van der Waals surface area contributed by atoms with Gasteiger partial charge in [-0.3, -0.25) is 0 Å². The Hall–Kier alpha value is -2.48. The van der Waals surface area contributed by atoms with Crippen LogP contribution in [0.3, 0.4) is 0 Å². The zero-order chi connectivity index (χ0) is 15.5. The van der Waals surface area contributed by atoms with Crippen molar-refractivity contribution < 1.29 is 9.90 Å². The molecule has 1 aromatic heterocycles. The first-order valence-electron chi connectivity index (χ1n) is 7.18. The van der Waals surface area contributed by atoms with E-state index in [9.17, 15) is 9.90 Å². The number of rotatable bonds is 3.